The van der Waals surface area contributed by atoms with E-state index in [9.17, 15) is 5.11 Å². The lowest BCUT2D eigenvalue weighted by molar-refractivity contribution is 0.355. The zero-order valence-electron chi connectivity index (χ0n) is 8.10. The molecule has 0 N–H and O–H groups in total. The Morgan fingerprint density at radius 3 is 1.73 bits per heavy atom. The summed E-state index contributed by atoms with van der Waals surface area (Å²) in [7, 11) is 0. The fourth-order valence-electron chi connectivity index (χ4n) is 1.41. The molecule has 0 amide bonds. The monoisotopic (exact) mass is 193 g/mol. The predicted molar refractivity (Wildman–Crippen MR) is 59.9 cm³/mol. The quantitative estimate of drug-likeness (QED) is 0.618. The van der Waals surface area contributed by atoms with Gasteiger partial charge < -0.3 is 0 Å². The second-order valence-corrected chi connectivity index (χ2v) is 3.25. The van der Waals surface area contributed by atoms with Crippen molar-refractivity contribution < 1.29 is 5.11 Å². The Labute approximate surface area is 89.0 Å². The third kappa shape index (κ3) is 2.00. The highest BCUT2D eigenvalue weighted by molar-refractivity contribution is 5.64. The van der Waals surface area contributed by atoms with Gasteiger partial charge >= 0.3 is 0 Å². The average molecular weight is 193 g/mol. The van der Waals surface area contributed by atoms with E-state index in [-0.39, 0.29) is 5.75 Å². The summed E-state index contributed by atoms with van der Waals surface area (Å²) >= 11 is 0. The molecule has 0 atom stereocenters. The number of terminal acetylenes is 1. The van der Waals surface area contributed by atoms with Gasteiger partial charge in [0.1, 0.15) is 0 Å². The van der Waals surface area contributed by atoms with Crippen molar-refractivity contribution in [1.82, 2.24) is 0 Å². The lowest BCUT2D eigenvalue weighted by Crippen LogP contribution is -1.78. The largest absolute Gasteiger partial charge is 0.290 e. The van der Waals surface area contributed by atoms with Crippen LogP contribution in [0.2, 0.25) is 0 Å². The van der Waals surface area contributed by atoms with E-state index in [1.54, 1.807) is 12.1 Å². The van der Waals surface area contributed by atoms with Crippen molar-refractivity contribution in [2.45, 2.75) is 0 Å². The van der Waals surface area contributed by atoms with Gasteiger partial charge in [0.25, 0.3) is 0 Å². The zero-order valence-corrected chi connectivity index (χ0v) is 8.10. The minimum Gasteiger partial charge on any atom is -0.290 e. The number of hydrogen-bond donors (Lipinski definition) is 0. The third-order valence-electron chi connectivity index (χ3n) is 2.24. The molecule has 0 aliphatic heterocycles. The van der Waals surface area contributed by atoms with Crippen molar-refractivity contribution in [2.24, 2.45) is 0 Å². The van der Waals surface area contributed by atoms with Gasteiger partial charge in [-0.2, -0.15) is 0 Å². The molecule has 2 rings (SSSR count). The van der Waals surface area contributed by atoms with Crippen molar-refractivity contribution >= 4 is 0 Å². The lowest BCUT2D eigenvalue weighted by atomic mass is 10.0. The molecule has 0 fully saturated rings. The minimum atomic E-state index is 0.0268. The lowest BCUT2D eigenvalue weighted by Gasteiger charge is -2.01. The molecular formula is C14H9O. The number of benzene rings is 2. The van der Waals surface area contributed by atoms with Gasteiger partial charge in [-0.05, 0) is 35.4 Å². The molecule has 15 heavy (non-hydrogen) atoms. The smallest absolute Gasteiger partial charge is 0.178 e. The number of hydrogen-bond acceptors (Lipinski definition) is 0. The first-order chi connectivity index (χ1) is 7.29. The SMILES string of the molecule is C#Cc1ccc(-c2ccc([O])cc2)cc1. The molecule has 0 aliphatic rings. The summed E-state index contributed by atoms with van der Waals surface area (Å²) in [6.45, 7) is 0. The highest BCUT2D eigenvalue weighted by atomic mass is 16.3. The maximum Gasteiger partial charge on any atom is 0.178 e. The van der Waals surface area contributed by atoms with E-state index >= 15 is 0 Å². The van der Waals surface area contributed by atoms with Crippen molar-refractivity contribution in [3.63, 3.8) is 0 Å². The van der Waals surface area contributed by atoms with Gasteiger partial charge in [0.05, 0.1) is 0 Å². The molecule has 2 aromatic carbocycles. The molecule has 71 valence electrons. The topological polar surface area (TPSA) is 19.9 Å². The third-order valence-corrected chi connectivity index (χ3v) is 2.24. The number of rotatable bonds is 1. The Kier molecular flexibility index (Phi) is 2.43. The summed E-state index contributed by atoms with van der Waals surface area (Å²) in [4.78, 5) is 0. The predicted octanol–water partition coefficient (Wildman–Crippen LogP) is 3.48. The van der Waals surface area contributed by atoms with E-state index in [0.717, 1.165) is 16.7 Å². The van der Waals surface area contributed by atoms with E-state index in [4.69, 9.17) is 6.42 Å². The van der Waals surface area contributed by atoms with Crippen LogP contribution in [0.5, 0.6) is 5.75 Å². The molecule has 0 spiro atoms. The van der Waals surface area contributed by atoms with Gasteiger partial charge in [-0.3, -0.25) is 5.11 Å². The fraction of sp³-hybridized carbons (Fsp3) is 0. The molecule has 0 unspecified atom stereocenters. The van der Waals surface area contributed by atoms with Gasteiger partial charge in [0.15, 0.2) is 5.75 Å². The van der Waals surface area contributed by atoms with Crippen LogP contribution in [0.15, 0.2) is 48.5 Å². The Hall–Kier alpha value is -2.20. The second kappa shape index (κ2) is 3.89. The van der Waals surface area contributed by atoms with Crippen molar-refractivity contribution in [3.05, 3.63) is 54.1 Å². The van der Waals surface area contributed by atoms with E-state index in [1.807, 2.05) is 36.4 Å². The van der Waals surface area contributed by atoms with Crippen LogP contribution >= 0.6 is 0 Å². The van der Waals surface area contributed by atoms with Gasteiger partial charge in [-0.25, -0.2) is 0 Å². The van der Waals surface area contributed by atoms with E-state index < -0.39 is 0 Å². The van der Waals surface area contributed by atoms with E-state index in [0.29, 0.717) is 0 Å². The molecule has 1 nitrogen and oxygen atoms in total. The summed E-state index contributed by atoms with van der Waals surface area (Å²) in [6.07, 6.45) is 5.27. The van der Waals surface area contributed by atoms with Gasteiger partial charge in [0, 0.05) is 5.56 Å². The summed E-state index contributed by atoms with van der Waals surface area (Å²) in [5.41, 5.74) is 2.95. The van der Waals surface area contributed by atoms with Crippen LogP contribution in [-0.2, 0) is 5.11 Å². The van der Waals surface area contributed by atoms with Crippen molar-refractivity contribution in [3.8, 4) is 29.2 Å². The van der Waals surface area contributed by atoms with Crippen LogP contribution in [-0.4, -0.2) is 0 Å². The summed E-state index contributed by atoms with van der Waals surface area (Å²) in [6, 6.07) is 14.4. The molecule has 0 saturated carbocycles. The maximum absolute atomic E-state index is 10.9. The Morgan fingerprint density at radius 2 is 1.27 bits per heavy atom. The van der Waals surface area contributed by atoms with Gasteiger partial charge in [0.2, 0.25) is 0 Å². The molecule has 0 aromatic heterocycles. The van der Waals surface area contributed by atoms with Crippen LogP contribution in [0.25, 0.3) is 11.1 Å². The molecule has 1 radical (unpaired) electrons. The molecule has 2 aromatic rings. The molecular weight excluding hydrogens is 184 g/mol. The minimum absolute atomic E-state index is 0.0268. The molecule has 0 aliphatic carbocycles. The Bertz CT molecular complexity index is 486. The first kappa shape index (κ1) is 9.36. The van der Waals surface area contributed by atoms with E-state index in [1.165, 1.54) is 0 Å². The van der Waals surface area contributed by atoms with Gasteiger partial charge in [-0.1, -0.05) is 30.2 Å². The highest BCUT2D eigenvalue weighted by Gasteiger charge is 1.97. The fourth-order valence-corrected chi connectivity index (χ4v) is 1.41. The average Bonchev–Trinajstić information content (AvgIpc) is 2.30. The van der Waals surface area contributed by atoms with Crippen molar-refractivity contribution in [1.29, 1.82) is 0 Å². The maximum atomic E-state index is 10.9. The molecule has 0 saturated heterocycles. The van der Waals surface area contributed by atoms with Crippen LogP contribution in [0, 0.1) is 12.3 Å². The van der Waals surface area contributed by atoms with Crippen molar-refractivity contribution in [2.75, 3.05) is 0 Å². The molecule has 0 heterocycles. The normalized spacial score (nSPS) is 9.53. The zero-order chi connectivity index (χ0) is 10.7. The van der Waals surface area contributed by atoms with Crippen LogP contribution in [0.4, 0.5) is 0 Å². The Morgan fingerprint density at radius 1 is 0.800 bits per heavy atom. The van der Waals surface area contributed by atoms with Crippen LogP contribution in [0.3, 0.4) is 0 Å². The summed E-state index contributed by atoms with van der Waals surface area (Å²) < 4.78 is 0. The molecule has 1 heteroatoms. The second-order valence-electron chi connectivity index (χ2n) is 3.25. The summed E-state index contributed by atoms with van der Waals surface area (Å²) in [5.74, 6) is 2.59. The van der Waals surface area contributed by atoms with Crippen LogP contribution < -0.4 is 0 Å². The molecule has 0 bridgehead atoms. The highest BCUT2D eigenvalue weighted by Crippen LogP contribution is 2.22. The Balaban J connectivity index is 2.38. The standard InChI is InChI=1S/C14H9O/c1-2-11-3-5-12(6-4-11)13-7-9-14(15)10-8-13/h1,3-10H. The summed E-state index contributed by atoms with van der Waals surface area (Å²) in [5, 5.41) is 10.9. The van der Waals surface area contributed by atoms with Gasteiger partial charge in [-0.15, -0.1) is 6.42 Å². The first-order valence-corrected chi connectivity index (χ1v) is 4.64. The first-order valence-electron chi connectivity index (χ1n) is 4.64. The van der Waals surface area contributed by atoms with E-state index in [2.05, 4.69) is 5.92 Å². The van der Waals surface area contributed by atoms with Crippen LogP contribution in [0.1, 0.15) is 5.56 Å².